The lowest BCUT2D eigenvalue weighted by Crippen LogP contribution is -2.43. The van der Waals surface area contributed by atoms with Gasteiger partial charge in [-0.25, -0.2) is 4.90 Å². The van der Waals surface area contributed by atoms with Crippen LogP contribution in [0.15, 0.2) is 0 Å². The van der Waals surface area contributed by atoms with Crippen molar-refractivity contribution in [3.63, 3.8) is 0 Å². The van der Waals surface area contributed by atoms with Crippen LogP contribution in [0.25, 0.3) is 0 Å². The first-order chi connectivity index (χ1) is 6.79. The smallest absolute Gasteiger partial charge is 0.295 e. The van der Waals surface area contributed by atoms with Gasteiger partial charge < -0.3 is 5.32 Å². The average molecular weight is 204 g/mol. The molecule has 2 saturated heterocycles. The third kappa shape index (κ3) is 2.06. The Morgan fingerprint density at radius 1 is 1.14 bits per heavy atom. The molecule has 0 spiro atoms. The van der Waals surface area contributed by atoms with Crippen molar-refractivity contribution in [3.05, 3.63) is 0 Å². The number of hydrogen-bond acceptors (Lipinski definition) is 2. The van der Waals surface area contributed by atoms with Gasteiger partial charge >= 0.3 is 0 Å². The topological polar surface area (TPSA) is 15.3 Å². The van der Waals surface area contributed by atoms with Crippen LogP contribution in [-0.2, 0) is 0 Å². The maximum absolute atomic E-state index is 12.7. The summed E-state index contributed by atoms with van der Waals surface area (Å²) in [6, 6.07) is 0.150. The zero-order valence-corrected chi connectivity index (χ0v) is 8.38. The first-order valence-corrected chi connectivity index (χ1v) is 5.53. The van der Waals surface area contributed by atoms with E-state index in [0.717, 1.165) is 38.8 Å². The first-order valence-electron chi connectivity index (χ1n) is 5.53. The molecule has 2 heterocycles. The second kappa shape index (κ2) is 4.53. The normalized spacial score (nSPS) is 31.5. The highest BCUT2D eigenvalue weighted by atomic mass is 19.3. The quantitative estimate of drug-likeness (QED) is 0.688. The molecule has 0 saturated carbocycles. The average Bonchev–Trinajstić information content (AvgIpc) is 2.67. The van der Waals surface area contributed by atoms with Crippen LogP contribution in [0, 0.1) is 5.92 Å². The zero-order valence-electron chi connectivity index (χ0n) is 8.38. The van der Waals surface area contributed by atoms with Gasteiger partial charge in [0, 0.05) is 12.6 Å². The molecule has 0 aromatic heterocycles. The summed E-state index contributed by atoms with van der Waals surface area (Å²) in [6.07, 6.45) is 4.04. The minimum Gasteiger partial charge on any atom is -0.317 e. The van der Waals surface area contributed by atoms with Crippen molar-refractivity contribution in [2.45, 2.75) is 38.3 Å². The number of nitrogens with zero attached hydrogens (tertiary/aromatic N) is 1. The molecule has 0 radical (unpaired) electrons. The van der Waals surface area contributed by atoms with E-state index in [9.17, 15) is 8.78 Å². The molecule has 1 atom stereocenters. The molecule has 4 heteroatoms. The molecule has 82 valence electrons. The molecule has 2 rings (SSSR count). The van der Waals surface area contributed by atoms with E-state index in [-0.39, 0.29) is 6.04 Å². The SMILES string of the molecule is FC(F)N1CCCC1C1CCNCC1. The van der Waals surface area contributed by atoms with E-state index in [0.29, 0.717) is 12.5 Å². The van der Waals surface area contributed by atoms with E-state index < -0.39 is 6.55 Å². The van der Waals surface area contributed by atoms with Crippen LogP contribution in [0.4, 0.5) is 8.78 Å². The number of nitrogens with one attached hydrogen (secondary N) is 1. The summed E-state index contributed by atoms with van der Waals surface area (Å²) >= 11 is 0. The van der Waals surface area contributed by atoms with Crippen molar-refractivity contribution >= 4 is 0 Å². The molecule has 14 heavy (non-hydrogen) atoms. The van der Waals surface area contributed by atoms with Gasteiger partial charge in [-0.3, -0.25) is 0 Å². The molecule has 0 aromatic rings. The lowest BCUT2D eigenvalue weighted by molar-refractivity contribution is -0.0505. The van der Waals surface area contributed by atoms with Gasteiger partial charge in [0.25, 0.3) is 6.55 Å². The third-order valence-corrected chi connectivity index (χ3v) is 3.52. The van der Waals surface area contributed by atoms with Gasteiger partial charge in [-0.05, 0) is 44.7 Å². The lowest BCUT2D eigenvalue weighted by Gasteiger charge is -2.33. The Hall–Kier alpha value is -0.220. The van der Waals surface area contributed by atoms with Gasteiger partial charge in [-0.2, -0.15) is 8.78 Å². The lowest BCUT2D eigenvalue weighted by atomic mass is 9.89. The first kappa shape index (κ1) is 10.3. The van der Waals surface area contributed by atoms with Crippen LogP contribution in [-0.4, -0.2) is 37.1 Å². The number of piperidine rings is 1. The van der Waals surface area contributed by atoms with Gasteiger partial charge in [0.15, 0.2) is 0 Å². The zero-order chi connectivity index (χ0) is 9.97. The van der Waals surface area contributed by atoms with Gasteiger partial charge in [0.1, 0.15) is 0 Å². The highest BCUT2D eigenvalue weighted by molar-refractivity contribution is 4.87. The summed E-state index contributed by atoms with van der Waals surface area (Å²) in [4.78, 5) is 1.40. The van der Waals surface area contributed by atoms with Gasteiger partial charge in [-0.15, -0.1) is 0 Å². The van der Waals surface area contributed by atoms with Crippen molar-refractivity contribution in [2.24, 2.45) is 5.92 Å². The Labute approximate surface area is 83.7 Å². The maximum Gasteiger partial charge on any atom is 0.295 e. The number of alkyl halides is 2. The fraction of sp³-hybridized carbons (Fsp3) is 1.00. The number of hydrogen-bond donors (Lipinski definition) is 1. The monoisotopic (exact) mass is 204 g/mol. The van der Waals surface area contributed by atoms with E-state index in [1.807, 2.05) is 0 Å². The molecule has 1 unspecified atom stereocenters. The maximum atomic E-state index is 12.7. The molecule has 0 bridgehead atoms. The van der Waals surface area contributed by atoms with Gasteiger partial charge in [-0.1, -0.05) is 0 Å². The van der Waals surface area contributed by atoms with Gasteiger partial charge in [0.05, 0.1) is 0 Å². The molecule has 2 aliphatic rings. The van der Waals surface area contributed by atoms with Crippen LogP contribution in [0.3, 0.4) is 0 Å². The molecule has 1 N–H and O–H groups in total. The van der Waals surface area contributed by atoms with Crippen LogP contribution < -0.4 is 5.32 Å². The molecule has 0 aliphatic carbocycles. The molecule has 2 fully saturated rings. The summed E-state index contributed by atoms with van der Waals surface area (Å²) in [5, 5.41) is 3.28. The van der Waals surface area contributed by atoms with Crippen molar-refractivity contribution < 1.29 is 8.78 Å². The Balaban J connectivity index is 1.94. The van der Waals surface area contributed by atoms with E-state index in [4.69, 9.17) is 0 Å². The van der Waals surface area contributed by atoms with Gasteiger partial charge in [0.2, 0.25) is 0 Å². The molecule has 2 nitrogen and oxygen atoms in total. The minimum atomic E-state index is -2.25. The number of halogens is 2. The van der Waals surface area contributed by atoms with E-state index in [2.05, 4.69) is 5.32 Å². The standard InChI is InChI=1S/C10H18F2N2/c11-10(12)14-7-1-2-9(14)8-3-5-13-6-4-8/h8-10,13H,1-7H2. The molecule has 2 aliphatic heterocycles. The molecule has 0 amide bonds. The van der Waals surface area contributed by atoms with E-state index in [1.54, 1.807) is 0 Å². The fourth-order valence-electron chi connectivity index (χ4n) is 2.79. The summed E-state index contributed by atoms with van der Waals surface area (Å²) in [6.45, 7) is 0.334. The summed E-state index contributed by atoms with van der Waals surface area (Å²) in [5.74, 6) is 0.493. The van der Waals surface area contributed by atoms with Crippen molar-refractivity contribution in [1.82, 2.24) is 10.2 Å². The Morgan fingerprint density at radius 3 is 2.50 bits per heavy atom. The largest absolute Gasteiger partial charge is 0.317 e. The second-order valence-corrected chi connectivity index (χ2v) is 4.31. The summed E-state index contributed by atoms with van der Waals surface area (Å²) in [7, 11) is 0. The van der Waals surface area contributed by atoms with Crippen LogP contribution in [0.1, 0.15) is 25.7 Å². The van der Waals surface area contributed by atoms with Crippen molar-refractivity contribution in [3.8, 4) is 0 Å². The number of rotatable bonds is 2. The predicted molar refractivity (Wildman–Crippen MR) is 51.3 cm³/mol. The van der Waals surface area contributed by atoms with Crippen LogP contribution in [0.5, 0.6) is 0 Å². The summed E-state index contributed by atoms with van der Waals surface area (Å²) in [5.41, 5.74) is 0. The Morgan fingerprint density at radius 2 is 1.86 bits per heavy atom. The van der Waals surface area contributed by atoms with E-state index >= 15 is 0 Å². The fourth-order valence-corrected chi connectivity index (χ4v) is 2.79. The Bertz CT molecular complexity index is 181. The van der Waals surface area contributed by atoms with Crippen LogP contribution >= 0.6 is 0 Å². The van der Waals surface area contributed by atoms with E-state index in [1.165, 1.54) is 4.90 Å². The minimum absolute atomic E-state index is 0.150. The predicted octanol–water partition coefficient (Wildman–Crippen LogP) is 1.67. The molecular weight excluding hydrogens is 186 g/mol. The highest BCUT2D eigenvalue weighted by Crippen LogP contribution is 2.31. The Kier molecular flexibility index (Phi) is 3.34. The highest BCUT2D eigenvalue weighted by Gasteiger charge is 2.36. The number of likely N-dealkylation sites (tertiary alicyclic amines) is 1. The van der Waals surface area contributed by atoms with Crippen LogP contribution in [0.2, 0.25) is 0 Å². The van der Waals surface area contributed by atoms with Crippen molar-refractivity contribution in [1.29, 1.82) is 0 Å². The third-order valence-electron chi connectivity index (χ3n) is 3.52. The summed E-state index contributed by atoms with van der Waals surface area (Å²) < 4.78 is 25.3. The molecule has 0 aromatic carbocycles. The second-order valence-electron chi connectivity index (χ2n) is 4.31. The van der Waals surface area contributed by atoms with Crippen molar-refractivity contribution in [2.75, 3.05) is 19.6 Å². The molecular formula is C10H18F2N2.